The number of carbonyl (C=O) groups is 2. The number of anilines is 1. The van der Waals surface area contributed by atoms with Crippen molar-refractivity contribution in [3.63, 3.8) is 0 Å². The van der Waals surface area contributed by atoms with Gasteiger partial charge in [0.2, 0.25) is 11.8 Å². The van der Waals surface area contributed by atoms with Gasteiger partial charge in [-0.15, -0.1) is 0 Å². The monoisotopic (exact) mass is 409 g/mol. The van der Waals surface area contributed by atoms with Gasteiger partial charge in [-0.2, -0.15) is 0 Å². The SMILES string of the molecule is O=C(Nc1ccc2oc(=O)[nH]c2c1)[C@H]1CCCN1C(=O)C12CC3CC(CC(C3)C1)C2. The van der Waals surface area contributed by atoms with Crippen molar-refractivity contribution < 1.29 is 14.0 Å². The number of fused-ring (bicyclic) bond motifs is 1. The molecule has 4 aliphatic carbocycles. The van der Waals surface area contributed by atoms with Crippen molar-refractivity contribution in [2.45, 2.75) is 57.4 Å². The summed E-state index contributed by atoms with van der Waals surface area (Å²) in [6.07, 6.45) is 8.53. The average molecular weight is 409 g/mol. The van der Waals surface area contributed by atoms with Gasteiger partial charge in [0.1, 0.15) is 6.04 Å². The van der Waals surface area contributed by atoms with E-state index >= 15 is 0 Å². The molecule has 1 saturated heterocycles. The summed E-state index contributed by atoms with van der Waals surface area (Å²) in [4.78, 5) is 42.7. The Morgan fingerprint density at radius 1 is 1.10 bits per heavy atom. The standard InChI is InChI=1S/C23H27N3O4/c27-20(24-16-3-4-19-17(9-16)25-22(29)30-19)18-2-1-5-26(18)21(28)23-10-13-6-14(11-23)8-15(7-13)12-23/h3-4,9,13-15,18H,1-2,5-8,10-12H2,(H,24,27)(H,25,29)/t13?,14?,15?,18-,23?/m1/s1. The number of nitrogens with one attached hydrogen (secondary N) is 2. The largest absolute Gasteiger partial charge is 0.417 e. The molecule has 1 aliphatic heterocycles. The van der Waals surface area contributed by atoms with Crippen LogP contribution < -0.4 is 11.1 Å². The Labute approximate surface area is 174 Å². The first-order chi connectivity index (χ1) is 14.5. The highest BCUT2D eigenvalue weighted by atomic mass is 16.4. The molecule has 4 bridgehead atoms. The lowest BCUT2D eigenvalue weighted by molar-refractivity contribution is -0.160. The molecule has 5 aliphatic rings. The van der Waals surface area contributed by atoms with Gasteiger partial charge in [0.05, 0.1) is 10.9 Å². The van der Waals surface area contributed by atoms with Crippen molar-refractivity contribution in [1.82, 2.24) is 9.88 Å². The Hall–Kier alpha value is -2.57. The van der Waals surface area contributed by atoms with E-state index in [1.54, 1.807) is 18.2 Å². The molecule has 0 spiro atoms. The van der Waals surface area contributed by atoms with Crippen LogP contribution in [0.15, 0.2) is 27.4 Å². The van der Waals surface area contributed by atoms with E-state index in [-0.39, 0.29) is 17.2 Å². The molecule has 0 radical (unpaired) electrons. The van der Waals surface area contributed by atoms with Crippen molar-refractivity contribution in [3.05, 3.63) is 28.7 Å². The zero-order valence-electron chi connectivity index (χ0n) is 17.0. The number of hydrogen-bond donors (Lipinski definition) is 2. The van der Waals surface area contributed by atoms with E-state index < -0.39 is 11.8 Å². The Morgan fingerprint density at radius 3 is 2.50 bits per heavy atom. The third-order valence-electron chi connectivity index (χ3n) is 7.99. The molecule has 2 N–H and O–H groups in total. The van der Waals surface area contributed by atoms with E-state index in [0.29, 0.717) is 47.5 Å². The van der Waals surface area contributed by atoms with Crippen molar-refractivity contribution in [2.75, 3.05) is 11.9 Å². The second kappa shape index (κ2) is 6.46. The number of aromatic nitrogens is 1. The van der Waals surface area contributed by atoms with Crippen LogP contribution in [0.25, 0.3) is 11.1 Å². The fraction of sp³-hybridized carbons (Fsp3) is 0.609. The maximum atomic E-state index is 13.7. The normalized spacial score (nSPS) is 34.6. The summed E-state index contributed by atoms with van der Waals surface area (Å²) in [6.45, 7) is 0.673. The minimum atomic E-state index is -0.517. The second-order valence-corrected chi connectivity index (χ2v) is 10.1. The lowest BCUT2D eigenvalue weighted by Crippen LogP contribution is -2.56. The first-order valence-corrected chi connectivity index (χ1v) is 11.2. The summed E-state index contributed by atoms with van der Waals surface area (Å²) in [6, 6.07) is 4.66. The van der Waals surface area contributed by atoms with Crippen LogP contribution >= 0.6 is 0 Å². The smallest absolute Gasteiger partial charge is 0.408 e. The number of rotatable bonds is 3. The molecule has 7 nitrogen and oxygen atoms in total. The van der Waals surface area contributed by atoms with Gasteiger partial charge in [-0.05, 0) is 87.3 Å². The van der Waals surface area contributed by atoms with Crippen LogP contribution in [0.4, 0.5) is 5.69 Å². The Morgan fingerprint density at radius 2 is 1.80 bits per heavy atom. The summed E-state index contributed by atoms with van der Waals surface area (Å²) in [5, 5.41) is 2.95. The van der Waals surface area contributed by atoms with Crippen LogP contribution in [0.5, 0.6) is 0 Å². The predicted octanol–water partition coefficient (Wildman–Crippen LogP) is 3.27. The molecule has 7 rings (SSSR count). The van der Waals surface area contributed by atoms with E-state index in [2.05, 4.69) is 10.3 Å². The van der Waals surface area contributed by atoms with Gasteiger partial charge in [-0.1, -0.05) is 0 Å². The highest BCUT2D eigenvalue weighted by Gasteiger charge is 2.56. The molecular formula is C23H27N3O4. The highest BCUT2D eigenvalue weighted by Crippen LogP contribution is 2.60. The zero-order chi connectivity index (χ0) is 20.5. The number of hydrogen-bond acceptors (Lipinski definition) is 4. The van der Waals surface area contributed by atoms with Crippen LogP contribution in [-0.4, -0.2) is 34.3 Å². The van der Waals surface area contributed by atoms with Crippen LogP contribution in [0.1, 0.15) is 51.4 Å². The Balaban J connectivity index is 1.21. The van der Waals surface area contributed by atoms with Gasteiger partial charge >= 0.3 is 5.76 Å². The summed E-state index contributed by atoms with van der Waals surface area (Å²) in [7, 11) is 0. The fourth-order valence-corrected chi connectivity index (χ4v) is 7.21. The van der Waals surface area contributed by atoms with E-state index in [0.717, 1.165) is 25.7 Å². The van der Waals surface area contributed by atoms with E-state index in [1.807, 2.05) is 4.90 Å². The quantitative estimate of drug-likeness (QED) is 0.813. The molecule has 7 heteroatoms. The number of benzene rings is 1. The van der Waals surface area contributed by atoms with Crippen LogP contribution in [0, 0.1) is 23.2 Å². The maximum absolute atomic E-state index is 13.7. The van der Waals surface area contributed by atoms with Crippen LogP contribution in [0.2, 0.25) is 0 Å². The van der Waals surface area contributed by atoms with Gasteiger partial charge < -0.3 is 14.6 Å². The molecule has 2 aromatic rings. The zero-order valence-corrected chi connectivity index (χ0v) is 17.0. The van der Waals surface area contributed by atoms with Gasteiger partial charge in [-0.25, -0.2) is 4.79 Å². The molecule has 2 heterocycles. The van der Waals surface area contributed by atoms with Gasteiger partial charge in [0, 0.05) is 12.2 Å². The van der Waals surface area contributed by atoms with Crippen LogP contribution in [0.3, 0.4) is 0 Å². The van der Waals surface area contributed by atoms with Gasteiger partial charge in [0.15, 0.2) is 5.58 Å². The minimum Gasteiger partial charge on any atom is -0.408 e. The number of amides is 2. The summed E-state index contributed by atoms with van der Waals surface area (Å²) in [5.41, 5.74) is 1.38. The summed E-state index contributed by atoms with van der Waals surface area (Å²) in [5.74, 6) is 1.69. The number of carbonyl (C=O) groups excluding carboxylic acids is 2. The number of aromatic amines is 1. The van der Waals surface area contributed by atoms with E-state index in [9.17, 15) is 14.4 Å². The summed E-state index contributed by atoms with van der Waals surface area (Å²) < 4.78 is 5.02. The van der Waals surface area contributed by atoms with Crippen molar-refractivity contribution in [3.8, 4) is 0 Å². The lowest BCUT2D eigenvalue weighted by atomic mass is 9.49. The topological polar surface area (TPSA) is 95.4 Å². The molecular weight excluding hydrogens is 382 g/mol. The van der Waals surface area contributed by atoms with Crippen LogP contribution in [-0.2, 0) is 9.59 Å². The first kappa shape index (κ1) is 18.2. The molecule has 1 atom stereocenters. The van der Waals surface area contributed by atoms with Gasteiger partial charge in [0.25, 0.3) is 0 Å². The molecule has 30 heavy (non-hydrogen) atoms. The molecule has 4 saturated carbocycles. The average Bonchev–Trinajstić information content (AvgIpc) is 3.31. The number of H-pyrrole nitrogens is 1. The molecule has 5 fully saturated rings. The third-order valence-corrected chi connectivity index (χ3v) is 7.99. The fourth-order valence-electron chi connectivity index (χ4n) is 7.21. The van der Waals surface area contributed by atoms with Crippen molar-refractivity contribution in [1.29, 1.82) is 0 Å². The number of likely N-dealkylation sites (tertiary alicyclic amines) is 1. The molecule has 1 aromatic heterocycles. The molecule has 1 aromatic carbocycles. The van der Waals surface area contributed by atoms with Gasteiger partial charge in [-0.3, -0.25) is 14.6 Å². The van der Waals surface area contributed by atoms with Crippen molar-refractivity contribution >= 4 is 28.6 Å². The van der Waals surface area contributed by atoms with E-state index in [1.165, 1.54) is 19.3 Å². The predicted molar refractivity (Wildman–Crippen MR) is 111 cm³/mol. The molecule has 158 valence electrons. The third kappa shape index (κ3) is 2.81. The molecule has 2 amide bonds. The van der Waals surface area contributed by atoms with Crippen molar-refractivity contribution in [2.24, 2.45) is 23.2 Å². The summed E-state index contributed by atoms with van der Waals surface area (Å²) >= 11 is 0. The minimum absolute atomic E-state index is 0.143. The highest BCUT2D eigenvalue weighted by molar-refractivity contribution is 5.99. The first-order valence-electron chi connectivity index (χ1n) is 11.2. The number of nitrogens with zero attached hydrogens (tertiary/aromatic N) is 1. The second-order valence-electron chi connectivity index (χ2n) is 10.1. The lowest BCUT2D eigenvalue weighted by Gasteiger charge is -2.56. The number of oxazole rings is 1. The maximum Gasteiger partial charge on any atom is 0.417 e. The van der Waals surface area contributed by atoms with E-state index in [4.69, 9.17) is 4.42 Å². The molecule has 0 unspecified atom stereocenters. The Bertz CT molecular complexity index is 1050. The Kier molecular flexibility index (Phi) is 3.92.